The van der Waals surface area contributed by atoms with Crippen LogP contribution in [0.3, 0.4) is 0 Å². The normalized spacial score (nSPS) is 15.0. The molecule has 0 spiro atoms. The van der Waals surface area contributed by atoms with Crippen LogP contribution in [0.1, 0.15) is 46.4 Å². The summed E-state index contributed by atoms with van der Waals surface area (Å²) in [6.45, 7) is 0.512. The summed E-state index contributed by atoms with van der Waals surface area (Å²) in [6.07, 6.45) is 3.67. The minimum Gasteiger partial charge on any atom is -0.497 e. The smallest absolute Gasteiger partial charge is 0.338 e. The Balaban J connectivity index is 1.44. The van der Waals surface area contributed by atoms with E-state index < -0.39 is 22.6 Å². The third kappa shape index (κ3) is 5.29. The van der Waals surface area contributed by atoms with Crippen molar-refractivity contribution in [2.75, 3.05) is 26.8 Å². The number of hydrogen-bond donors (Lipinski definition) is 0. The van der Waals surface area contributed by atoms with Crippen molar-refractivity contribution in [3.05, 3.63) is 71.8 Å². The Morgan fingerprint density at radius 3 is 2.29 bits per heavy atom. The molecule has 0 unspecified atom stereocenters. The second kappa shape index (κ2) is 10.4. The lowest BCUT2D eigenvalue weighted by atomic mass is 10.0. The van der Waals surface area contributed by atoms with Crippen LogP contribution in [-0.4, -0.2) is 51.3 Å². The second-order valence-electron chi connectivity index (χ2n) is 8.27. The summed E-state index contributed by atoms with van der Waals surface area (Å²) < 4.78 is 37.9. The number of hydrogen-bond acceptors (Lipinski definition) is 6. The molecule has 0 atom stereocenters. The van der Waals surface area contributed by atoms with Gasteiger partial charge in [-0.3, -0.25) is 4.79 Å². The highest BCUT2D eigenvalue weighted by molar-refractivity contribution is 7.89. The van der Waals surface area contributed by atoms with Gasteiger partial charge in [-0.05, 0) is 60.0 Å². The van der Waals surface area contributed by atoms with E-state index in [4.69, 9.17) is 9.47 Å². The fourth-order valence-electron chi connectivity index (χ4n) is 4.04. The number of ketones is 1. The molecule has 0 amide bonds. The number of ether oxygens (including phenoxy) is 2. The fraction of sp³-hybridized carbons (Fsp3) is 0.308. The molecule has 3 aromatic rings. The van der Waals surface area contributed by atoms with Gasteiger partial charge in [-0.1, -0.05) is 37.1 Å². The summed E-state index contributed by atoms with van der Waals surface area (Å²) in [4.78, 5) is 25.2. The van der Waals surface area contributed by atoms with E-state index in [9.17, 15) is 18.0 Å². The number of methoxy groups -OCH3 is 1. The molecule has 0 aliphatic carbocycles. The van der Waals surface area contributed by atoms with Gasteiger partial charge in [-0.25, -0.2) is 13.2 Å². The van der Waals surface area contributed by atoms with Crippen LogP contribution in [0.4, 0.5) is 0 Å². The number of nitrogens with zero attached hydrogens (tertiary/aromatic N) is 1. The van der Waals surface area contributed by atoms with Crippen molar-refractivity contribution >= 4 is 32.5 Å². The third-order valence-electron chi connectivity index (χ3n) is 5.98. The summed E-state index contributed by atoms with van der Waals surface area (Å²) in [5.41, 5.74) is 0.511. The lowest BCUT2D eigenvalue weighted by Crippen LogP contribution is -2.32. The molecule has 1 fully saturated rings. The second-order valence-corrected chi connectivity index (χ2v) is 10.2. The summed E-state index contributed by atoms with van der Waals surface area (Å²) in [5.74, 6) is -0.369. The third-order valence-corrected chi connectivity index (χ3v) is 7.87. The molecule has 3 aromatic carbocycles. The number of rotatable bonds is 7. The average Bonchev–Trinajstić information content (AvgIpc) is 3.17. The van der Waals surface area contributed by atoms with Gasteiger partial charge in [0.05, 0.1) is 17.6 Å². The maximum atomic E-state index is 13.0. The summed E-state index contributed by atoms with van der Waals surface area (Å²) in [6, 6.07) is 16.5. The first-order valence-corrected chi connectivity index (χ1v) is 12.7. The number of carbonyl (C=O) groups excluding carboxylic acids is 2. The van der Waals surface area contributed by atoms with Gasteiger partial charge < -0.3 is 9.47 Å². The molecule has 0 aromatic heterocycles. The minimum atomic E-state index is -3.69. The zero-order valence-electron chi connectivity index (χ0n) is 19.0. The van der Waals surface area contributed by atoms with E-state index in [1.54, 1.807) is 19.2 Å². The zero-order chi connectivity index (χ0) is 24.1. The van der Waals surface area contributed by atoms with Gasteiger partial charge in [-0.2, -0.15) is 4.31 Å². The van der Waals surface area contributed by atoms with E-state index in [2.05, 4.69) is 0 Å². The van der Waals surface area contributed by atoms with Crippen LogP contribution in [0, 0.1) is 0 Å². The van der Waals surface area contributed by atoms with Crippen LogP contribution in [0.25, 0.3) is 10.8 Å². The minimum absolute atomic E-state index is 0.0557. The Morgan fingerprint density at radius 2 is 1.56 bits per heavy atom. The van der Waals surface area contributed by atoms with Crippen LogP contribution >= 0.6 is 0 Å². The number of Topliss-reactive ketones (excluding diaryl/α,β-unsaturated/α-hetero) is 1. The van der Waals surface area contributed by atoms with E-state index in [0.717, 1.165) is 42.2 Å². The predicted octanol–water partition coefficient (Wildman–Crippen LogP) is 4.45. The van der Waals surface area contributed by atoms with Gasteiger partial charge in [-0.15, -0.1) is 0 Å². The standard InChI is InChI=1S/C26H27NO6S/c1-32-23-12-11-19-15-21(10-9-20(19)16-23)25(28)18-33-26(29)22-7-6-8-24(17-22)34(30,31)27-13-4-2-3-5-14-27/h6-12,15-17H,2-5,13-14,18H2,1H3. The van der Waals surface area contributed by atoms with Crippen molar-refractivity contribution < 1.29 is 27.5 Å². The lowest BCUT2D eigenvalue weighted by Gasteiger charge is -2.20. The van der Waals surface area contributed by atoms with Gasteiger partial charge in [0.2, 0.25) is 10.0 Å². The van der Waals surface area contributed by atoms with Crippen molar-refractivity contribution in [2.24, 2.45) is 0 Å². The number of esters is 1. The highest BCUT2D eigenvalue weighted by atomic mass is 32.2. The number of carbonyl (C=O) groups is 2. The average molecular weight is 482 g/mol. The monoisotopic (exact) mass is 481 g/mol. The highest BCUT2D eigenvalue weighted by Crippen LogP contribution is 2.23. The first-order valence-electron chi connectivity index (χ1n) is 11.3. The van der Waals surface area contributed by atoms with E-state index in [1.165, 1.54) is 28.6 Å². The molecule has 4 rings (SSSR count). The fourth-order valence-corrected chi connectivity index (χ4v) is 5.60. The van der Waals surface area contributed by atoms with Crippen molar-refractivity contribution in [1.82, 2.24) is 4.31 Å². The zero-order valence-corrected chi connectivity index (χ0v) is 19.8. The molecule has 0 bridgehead atoms. The molecular weight excluding hydrogens is 454 g/mol. The maximum absolute atomic E-state index is 13.0. The largest absolute Gasteiger partial charge is 0.497 e. The van der Waals surface area contributed by atoms with Gasteiger partial charge in [0.15, 0.2) is 12.4 Å². The van der Waals surface area contributed by atoms with Gasteiger partial charge in [0.25, 0.3) is 0 Å². The van der Waals surface area contributed by atoms with Crippen LogP contribution in [0.5, 0.6) is 5.75 Å². The Bertz CT molecular complexity index is 1310. The summed E-state index contributed by atoms with van der Waals surface area (Å²) >= 11 is 0. The summed E-state index contributed by atoms with van der Waals surface area (Å²) in [5, 5.41) is 1.79. The molecule has 7 nitrogen and oxygen atoms in total. The molecular formula is C26H27NO6S. The SMILES string of the molecule is COc1ccc2cc(C(=O)COC(=O)c3cccc(S(=O)(=O)N4CCCCCC4)c3)ccc2c1. The Morgan fingerprint density at radius 1 is 0.853 bits per heavy atom. The number of sulfonamides is 1. The molecule has 8 heteroatoms. The molecule has 0 N–H and O–H groups in total. The number of fused-ring (bicyclic) bond motifs is 1. The molecule has 1 saturated heterocycles. The van der Waals surface area contributed by atoms with Gasteiger partial charge in [0, 0.05) is 18.7 Å². The van der Waals surface area contributed by atoms with E-state index in [1.807, 2.05) is 24.3 Å². The molecule has 0 radical (unpaired) electrons. The van der Waals surface area contributed by atoms with Crippen molar-refractivity contribution in [3.63, 3.8) is 0 Å². The van der Waals surface area contributed by atoms with E-state index in [0.29, 0.717) is 18.7 Å². The van der Waals surface area contributed by atoms with E-state index in [-0.39, 0.29) is 16.2 Å². The first kappa shape index (κ1) is 23.9. The Labute approximate surface area is 199 Å². The molecule has 178 valence electrons. The lowest BCUT2D eigenvalue weighted by molar-refractivity contribution is 0.0474. The van der Waals surface area contributed by atoms with Crippen molar-refractivity contribution in [2.45, 2.75) is 30.6 Å². The molecule has 1 aliphatic heterocycles. The van der Waals surface area contributed by atoms with Crippen molar-refractivity contribution in [3.8, 4) is 5.75 Å². The predicted molar refractivity (Wildman–Crippen MR) is 129 cm³/mol. The van der Waals surface area contributed by atoms with Crippen LogP contribution in [-0.2, 0) is 14.8 Å². The van der Waals surface area contributed by atoms with Crippen LogP contribution in [0.2, 0.25) is 0 Å². The Kier molecular flexibility index (Phi) is 7.29. The quantitative estimate of drug-likeness (QED) is 0.366. The molecule has 34 heavy (non-hydrogen) atoms. The highest BCUT2D eigenvalue weighted by Gasteiger charge is 2.26. The molecule has 1 heterocycles. The van der Waals surface area contributed by atoms with Gasteiger partial charge in [0.1, 0.15) is 5.75 Å². The van der Waals surface area contributed by atoms with Crippen LogP contribution < -0.4 is 4.74 Å². The number of benzene rings is 3. The van der Waals surface area contributed by atoms with Crippen molar-refractivity contribution in [1.29, 1.82) is 0 Å². The maximum Gasteiger partial charge on any atom is 0.338 e. The molecule has 0 saturated carbocycles. The van der Waals surface area contributed by atoms with Crippen LogP contribution in [0.15, 0.2) is 65.6 Å². The Hall–Kier alpha value is -3.23. The first-order chi connectivity index (χ1) is 16.4. The molecule has 1 aliphatic rings. The summed E-state index contributed by atoms with van der Waals surface area (Å²) in [7, 11) is -2.10. The topological polar surface area (TPSA) is 90.0 Å². The van der Waals surface area contributed by atoms with E-state index >= 15 is 0 Å². The van der Waals surface area contributed by atoms with Gasteiger partial charge >= 0.3 is 5.97 Å².